The second kappa shape index (κ2) is 4.88. The SMILES string of the molecule is Nc1cccc(CN2CCC3(CCCC3)CC2)n1. The van der Waals surface area contributed by atoms with Crippen LogP contribution in [-0.2, 0) is 6.54 Å². The minimum absolute atomic E-state index is 0.636. The molecule has 0 amide bonds. The van der Waals surface area contributed by atoms with Crippen LogP contribution in [0.4, 0.5) is 5.82 Å². The van der Waals surface area contributed by atoms with E-state index in [1.54, 1.807) is 0 Å². The van der Waals surface area contributed by atoms with Gasteiger partial charge in [0.15, 0.2) is 0 Å². The molecule has 2 heterocycles. The van der Waals surface area contributed by atoms with E-state index in [9.17, 15) is 0 Å². The summed E-state index contributed by atoms with van der Waals surface area (Å²) >= 11 is 0. The van der Waals surface area contributed by atoms with E-state index >= 15 is 0 Å². The number of anilines is 1. The van der Waals surface area contributed by atoms with Crippen LogP contribution in [0.25, 0.3) is 0 Å². The molecule has 1 aromatic rings. The molecule has 0 atom stereocenters. The van der Waals surface area contributed by atoms with Gasteiger partial charge in [0.2, 0.25) is 0 Å². The zero-order valence-electron chi connectivity index (χ0n) is 11.1. The fourth-order valence-corrected chi connectivity index (χ4v) is 3.63. The highest BCUT2D eigenvalue weighted by Crippen LogP contribution is 2.46. The quantitative estimate of drug-likeness (QED) is 0.871. The van der Waals surface area contributed by atoms with Crippen LogP contribution in [-0.4, -0.2) is 23.0 Å². The molecule has 0 aromatic carbocycles. The molecule has 98 valence electrons. The van der Waals surface area contributed by atoms with Crippen LogP contribution in [0.15, 0.2) is 18.2 Å². The van der Waals surface area contributed by atoms with Crippen molar-refractivity contribution in [1.82, 2.24) is 9.88 Å². The van der Waals surface area contributed by atoms with Crippen molar-refractivity contribution in [2.45, 2.75) is 45.1 Å². The fraction of sp³-hybridized carbons (Fsp3) is 0.667. The molecule has 3 heteroatoms. The Morgan fingerprint density at radius 2 is 1.83 bits per heavy atom. The number of hydrogen-bond donors (Lipinski definition) is 1. The van der Waals surface area contributed by atoms with Gasteiger partial charge < -0.3 is 5.73 Å². The van der Waals surface area contributed by atoms with Gasteiger partial charge in [0, 0.05) is 6.54 Å². The highest BCUT2D eigenvalue weighted by atomic mass is 15.1. The van der Waals surface area contributed by atoms with Gasteiger partial charge in [0.25, 0.3) is 0 Å². The van der Waals surface area contributed by atoms with Gasteiger partial charge in [-0.25, -0.2) is 4.98 Å². The van der Waals surface area contributed by atoms with Gasteiger partial charge in [0.05, 0.1) is 5.69 Å². The Labute approximate surface area is 109 Å². The molecule has 1 saturated heterocycles. The molecule has 0 unspecified atom stereocenters. The maximum Gasteiger partial charge on any atom is 0.123 e. The van der Waals surface area contributed by atoms with Crippen molar-refractivity contribution in [2.75, 3.05) is 18.8 Å². The highest BCUT2D eigenvalue weighted by Gasteiger charge is 2.36. The van der Waals surface area contributed by atoms with Crippen LogP contribution >= 0.6 is 0 Å². The van der Waals surface area contributed by atoms with Crippen LogP contribution in [0, 0.1) is 5.41 Å². The number of nitrogens with two attached hydrogens (primary N) is 1. The third-order valence-electron chi connectivity index (χ3n) is 4.79. The molecule has 1 aliphatic heterocycles. The summed E-state index contributed by atoms with van der Waals surface area (Å²) < 4.78 is 0. The highest BCUT2D eigenvalue weighted by molar-refractivity contribution is 5.28. The summed E-state index contributed by atoms with van der Waals surface area (Å²) in [4.78, 5) is 6.93. The number of nitrogens with zero attached hydrogens (tertiary/aromatic N) is 2. The third kappa shape index (κ3) is 2.51. The van der Waals surface area contributed by atoms with Crippen molar-refractivity contribution in [3.8, 4) is 0 Å². The molecule has 1 spiro atoms. The second-order valence-electron chi connectivity index (χ2n) is 6.04. The number of rotatable bonds is 2. The summed E-state index contributed by atoms with van der Waals surface area (Å²) in [6.07, 6.45) is 8.62. The Hall–Kier alpha value is -1.09. The number of aromatic nitrogens is 1. The lowest BCUT2D eigenvalue weighted by Gasteiger charge is -2.39. The average Bonchev–Trinajstić information content (AvgIpc) is 2.81. The summed E-state index contributed by atoms with van der Waals surface area (Å²) in [6.45, 7) is 3.42. The lowest BCUT2D eigenvalue weighted by molar-refractivity contribution is 0.103. The van der Waals surface area contributed by atoms with Crippen LogP contribution in [0.3, 0.4) is 0 Å². The normalized spacial score (nSPS) is 23.6. The standard InChI is InChI=1S/C15H23N3/c16-14-5-3-4-13(17-14)12-18-10-8-15(9-11-18)6-1-2-7-15/h3-5H,1-2,6-12H2,(H2,16,17). The Morgan fingerprint density at radius 1 is 1.11 bits per heavy atom. The van der Waals surface area contributed by atoms with Crippen molar-refractivity contribution in [3.63, 3.8) is 0 Å². The second-order valence-corrected chi connectivity index (χ2v) is 6.04. The molecule has 18 heavy (non-hydrogen) atoms. The van der Waals surface area contributed by atoms with Crippen LogP contribution in [0.2, 0.25) is 0 Å². The van der Waals surface area contributed by atoms with Gasteiger partial charge in [-0.15, -0.1) is 0 Å². The smallest absolute Gasteiger partial charge is 0.123 e. The Balaban J connectivity index is 1.57. The Bertz CT molecular complexity index is 400. The van der Waals surface area contributed by atoms with Crippen LogP contribution < -0.4 is 5.73 Å². The van der Waals surface area contributed by atoms with Crippen molar-refractivity contribution >= 4 is 5.82 Å². The zero-order chi connectivity index (χ0) is 12.4. The lowest BCUT2D eigenvalue weighted by atomic mass is 9.77. The minimum Gasteiger partial charge on any atom is -0.384 e. The van der Waals surface area contributed by atoms with Crippen LogP contribution in [0.5, 0.6) is 0 Å². The Kier molecular flexibility index (Phi) is 3.25. The predicted octanol–water partition coefficient (Wildman–Crippen LogP) is 2.82. The van der Waals surface area contributed by atoms with Gasteiger partial charge in [-0.05, 0) is 56.3 Å². The average molecular weight is 245 g/mol. The van der Waals surface area contributed by atoms with E-state index < -0.39 is 0 Å². The molecule has 1 saturated carbocycles. The number of likely N-dealkylation sites (tertiary alicyclic amines) is 1. The first-order valence-corrected chi connectivity index (χ1v) is 7.20. The number of nitrogen functional groups attached to an aromatic ring is 1. The van der Waals surface area contributed by atoms with E-state index in [1.165, 1.54) is 51.6 Å². The number of pyridine rings is 1. The van der Waals surface area contributed by atoms with E-state index in [1.807, 2.05) is 12.1 Å². The molecule has 0 bridgehead atoms. The molecule has 3 nitrogen and oxygen atoms in total. The minimum atomic E-state index is 0.636. The van der Waals surface area contributed by atoms with Gasteiger partial charge >= 0.3 is 0 Å². The molecule has 3 rings (SSSR count). The molecule has 2 fully saturated rings. The Morgan fingerprint density at radius 3 is 2.50 bits per heavy atom. The first-order chi connectivity index (χ1) is 8.76. The first kappa shape index (κ1) is 12.0. The van der Waals surface area contributed by atoms with Gasteiger partial charge in [-0.2, -0.15) is 0 Å². The maximum atomic E-state index is 5.73. The van der Waals surface area contributed by atoms with Gasteiger partial charge in [-0.1, -0.05) is 18.9 Å². The van der Waals surface area contributed by atoms with E-state index in [2.05, 4.69) is 16.0 Å². The summed E-state index contributed by atoms with van der Waals surface area (Å²) in [7, 11) is 0. The molecule has 2 N–H and O–H groups in total. The predicted molar refractivity (Wildman–Crippen MR) is 74.1 cm³/mol. The fourth-order valence-electron chi connectivity index (χ4n) is 3.63. The summed E-state index contributed by atoms with van der Waals surface area (Å²) in [5, 5.41) is 0. The zero-order valence-corrected chi connectivity index (χ0v) is 11.1. The summed E-state index contributed by atoms with van der Waals surface area (Å²) in [5.74, 6) is 0.636. The molecule has 2 aliphatic rings. The first-order valence-electron chi connectivity index (χ1n) is 7.20. The molecule has 1 aliphatic carbocycles. The van der Waals surface area contributed by atoms with E-state index in [0.29, 0.717) is 11.2 Å². The van der Waals surface area contributed by atoms with Crippen molar-refractivity contribution in [2.24, 2.45) is 5.41 Å². The summed E-state index contributed by atoms with van der Waals surface area (Å²) in [5.41, 5.74) is 7.55. The van der Waals surface area contributed by atoms with Gasteiger partial charge in [-0.3, -0.25) is 4.90 Å². The molecule has 0 radical (unpaired) electrons. The van der Waals surface area contributed by atoms with Crippen molar-refractivity contribution in [1.29, 1.82) is 0 Å². The number of piperidine rings is 1. The largest absolute Gasteiger partial charge is 0.384 e. The molecular formula is C15H23N3. The number of hydrogen-bond acceptors (Lipinski definition) is 3. The van der Waals surface area contributed by atoms with E-state index in [4.69, 9.17) is 5.73 Å². The molecule has 1 aromatic heterocycles. The topological polar surface area (TPSA) is 42.1 Å². The van der Waals surface area contributed by atoms with E-state index in [-0.39, 0.29) is 0 Å². The monoisotopic (exact) mass is 245 g/mol. The lowest BCUT2D eigenvalue weighted by Crippen LogP contribution is -2.38. The molecular weight excluding hydrogens is 222 g/mol. The maximum absolute atomic E-state index is 5.73. The summed E-state index contributed by atoms with van der Waals surface area (Å²) in [6, 6.07) is 5.93. The van der Waals surface area contributed by atoms with Crippen molar-refractivity contribution < 1.29 is 0 Å². The van der Waals surface area contributed by atoms with E-state index in [0.717, 1.165) is 12.2 Å². The third-order valence-corrected chi connectivity index (χ3v) is 4.79. The van der Waals surface area contributed by atoms with Crippen molar-refractivity contribution in [3.05, 3.63) is 23.9 Å². The van der Waals surface area contributed by atoms with Gasteiger partial charge in [0.1, 0.15) is 5.82 Å². The van der Waals surface area contributed by atoms with Crippen LogP contribution in [0.1, 0.15) is 44.2 Å².